The summed E-state index contributed by atoms with van der Waals surface area (Å²) in [4.78, 5) is 23.6. The van der Waals surface area contributed by atoms with Crippen molar-refractivity contribution >= 4 is 17.6 Å². The topological polar surface area (TPSA) is 81.4 Å². The summed E-state index contributed by atoms with van der Waals surface area (Å²) in [6.07, 6.45) is 0. The van der Waals surface area contributed by atoms with E-state index in [9.17, 15) is 9.59 Å². The fourth-order valence-electron chi connectivity index (χ4n) is 2.12. The molecule has 0 aliphatic heterocycles. The van der Waals surface area contributed by atoms with Gasteiger partial charge in [0, 0.05) is 17.3 Å². The maximum absolute atomic E-state index is 12.2. The number of anilines is 1. The summed E-state index contributed by atoms with van der Waals surface area (Å²) < 4.78 is 9.83. The van der Waals surface area contributed by atoms with Crippen molar-refractivity contribution in [3.8, 4) is 11.3 Å². The van der Waals surface area contributed by atoms with E-state index in [-0.39, 0.29) is 5.69 Å². The molecule has 0 bridgehead atoms. The largest absolute Gasteiger partial charge is 0.465 e. The Kier molecular flexibility index (Phi) is 4.38. The molecular formula is C18H14N2O4. The summed E-state index contributed by atoms with van der Waals surface area (Å²) in [7, 11) is 1.31. The van der Waals surface area contributed by atoms with Crippen molar-refractivity contribution in [2.75, 3.05) is 12.4 Å². The Hall–Kier alpha value is -3.41. The van der Waals surface area contributed by atoms with Crippen molar-refractivity contribution < 1.29 is 18.8 Å². The van der Waals surface area contributed by atoms with Gasteiger partial charge in [-0.25, -0.2) is 4.79 Å². The van der Waals surface area contributed by atoms with E-state index in [1.54, 1.807) is 30.3 Å². The maximum Gasteiger partial charge on any atom is 0.337 e. The minimum Gasteiger partial charge on any atom is -0.465 e. The van der Waals surface area contributed by atoms with Crippen LogP contribution in [0, 0.1) is 0 Å². The van der Waals surface area contributed by atoms with E-state index in [0.717, 1.165) is 5.56 Å². The first-order chi connectivity index (χ1) is 11.7. The number of benzene rings is 2. The second-order valence-corrected chi connectivity index (χ2v) is 4.97. The standard InChI is InChI=1S/C18H14N2O4/c1-23-18(22)13-7-9-14(10-8-13)19-17(21)15-11-16(24-20-15)12-5-3-2-4-6-12/h2-11H,1H3,(H,19,21). The van der Waals surface area contributed by atoms with Crippen LogP contribution < -0.4 is 5.32 Å². The first-order valence-electron chi connectivity index (χ1n) is 7.19. The molecule has 1 aromatic heterocycles. The lowest BCUT2D eigenvalue weighted by molar-refractivity contribution is 0.0600. The van der Waals surface area contributed by atoms with Gasteiger partial charge in [0.25, 0.3) is 5.91 Å². The molecule has 3 aromatic rings. The van der Waals surface area contributed by atoms with Gasteiger partial charge in [0.2, 0.25) is 0 Å². The second kappa shape index (κ2) is 6.78. The summed E-state index contributed by atoms with van der Waals surface area (Å²) in [5.74, 6) is -0.314. The lowest BCUT2D eigenvalue weighted by atomic mass is 10.1. The van der Waals surface area contributed by atoms with Gasteiger partial charge in [0.05, 0.1) is 12.7 Å². The summed E-state index contributed by atoms with van der Waals surface area (Å²) in [6, 6.07) is 17.3. The van der Waals surface area contributed by atoms with Crippen molar-refractivity contribution in [3.05, 3.63) is 71.9 Å². The molecule has 1 heterocycles. The quantitative estimate of drug-likeness (QED) is 0.745. The van der Waals surface area contributed by atoms with Crippen LogP contribution in [0.1, 0.15) is 20.8 Å². The first-order valence-corrected chi connectivity index (χ1v) is 7.19. The summed E-state index contributed by atoms with van der Waals surface area (Å²) in [6.45, 7) is 0. The molecular weight excluding hydrogens is 308 g/mol. The number of nitrogens with zero attached hydrogens (tertiary/aromatic N) is 1. The number of ether oxygens (including phenoxy) is 1. The van der Waals surface area contributed by atoms with E-state index < -0.39 is 11.9 Å². The summed E-state index contributed by atoms with van der Waals surface area (Å²) in [5.41, 5.74) is 1.96. The predicted octanol–water partition coefficient (Wildman–Crippen LogP) is 3.38. The molecule has 0 spiro atoms. The number of rotatable bonds is 4. The van der Waals surface area contributed by atoms with Gasteiger partial charge >= 0.3 is 5.97 Å². The first kappa shape index (κ1) is 15.5. The van der Waals surface area contributed by atoms with Crippen molar-refractivity contribution in [3.63, 3.8) is 0 Å². The van der Waals surface area contributed by atoms with Crippen molar-refractivity contribution in [2.24, 2.45) is 0 Å². The van der Waals surface area contributed by atoms with Gasteiger partial charge in [-0.2, -0.15) is 0 Å². The highest BCUT2D eigenvalue weighted by Crippen LogP contribution is 2.20. The number of nitrogens with one attached hydrogen (secondary N) is 1. The molecule has 2 aromatic carbocycles. The van der Waals surface area contributed by atoms with Crippen molar-refractivity contribution in [2.45, 2.75) is 0 Å². The Balaban J connectivity index is 1.71. The molecule has 24 heavy (non-hydrogen) atoms. The smallest absolute Gasteiger partial charge is 0.337 e. The van der Waals surface area contributed by atoms with Crippen LogP contribution in [-0.4, -0.2) is 24.1 Å². The zero-order valence-electron chi connectivity index (χ0n) is 12.9. The molecule has 0 atom stereocenters. The van der Waals surface area contributed by atoms with Crippen LogP contribution in [-0.2, 0) is 4.74 Å². The molecule has 0 aliphatic rings. The Labute approximate surface area is 138 Å². The van der Waals surface area contributed by atoms with Gasteiger partial charge in [-0.1, -0.05) is 35.5 Å². The summed E-state index contributed by atoms with van der Waals surface area (Å²) >= 11 is 0. The molecule has 0 aliphatic carbocycles. The van der Waals surface area contributed by atoms with Crippen molar-refractivity contribution in [1.29, 1.82) is 0 Å². The number of amides is 1. The number of carbonyl (C=O) groups is 2. The number of esters is 1. The highest BCUT2D eigenvalue weighted by atomic mass is 16.5. The monoisotopic (exact) mass is 322 g/mol. The lowest BCUT2D eigenvalue weighted by Crippen LogP contribution is -2.12. The van der Waals surface area contributed by atoms with Gasteiger partial charge < -0.3 is 14.6 Å². The summed E-state index contributed by atoms with van der Waals surface area (Å²) in [5, 5.41) is 6.48. The zero-order valence-corrected chi connectivity index (χ0v) is 12.9. The van der Waals surface area contributed by atoms with Crippen LogP contribution >= 0.6 is 0 Å². The van der Waals surface area contributed by atoms with Crippen LogP contribution in [0.25, 0.3) is 11.3 Å². The van der Waals surface area contributed by atoms with Gasteiger partial charge in [0.15, 0.2) is 11.5 Å². The number of aromatic nitrogens is 1. The van der Waals surface area contributed by atoms with Gasteiger partial charge in [-0.05, 0) is 24.3 Å². The fraction of sp³-hybridized carbons (Fsp3) is 0.0556. The minimum atomic E-state index is -0.433. The Bertz CT molecular complexity index is 854. The number of methoxy groups -OCH3 is 1. The molecule has 120 valence electrons. The Morgan fingerprint density at radius 3 is 2.42 bits per heavy atom. The van der Waals surface area contributed by atoms with E-state index >= 15 is 0 Å². The Morgan fingerprint density at radius 2 is 1.75 bits per heavy atom. The zero-order chi connectivity index (χ0) is 16.9. The average molecular weight is 322 g/mol. The average Bonchev–Trinajstić information content (AvgIpc) is 3.13. The minimum absolute atomic E-state index is 0.172. The van der Waals surface area contributed by atoms with Crippen LogP contribution in [0.15, 0.2) is 65.2 Å². The van der Waals surface area contributed by atoms with Crippen LogP contribution in [0.4, 0.5) is 5.69 Å². The molecule has 0 radical (unpaired) electrons. The maximum atomic E-state index is 12.2. The van der Waals surface area contributed by atoms with E-state index in [0.29, 0.717) is 17.0 Å². The molecule has 0 saturated heterocycles. The van der Waals surface area contributed by atoms with E-state index in [1.807, 2.05) is 30.3 Å². The van der Waals surface area contributed by atoms with Crippen LogP contribution in [0.2, 0.25) is 0 Å². The molecule has 1 amide bonds. The number of carbonyl (C=O) groups excluding carboxylic acids is 2. The highest BCUT2D eigenvalue weighted by Gasteiger charge is 2.14. The molecule has 0 unspecified atom stereocenters. The Morgan fingerprint density at radius 1 is 1.04 bits per heavy atom. The number of hydrogen-bond acceptors (Lipinski definition) is 5. The highest BCUT2D eigenvalue weighted by molar-refractivity contribution is 6.03. The van der Waals surface area contributed by atoms with Crippen molar-refractivity contribution in [1.82, 2.24) is 5.16 Å². The predicted molar refractivity (Wildman–Crippen MR) is 87.7 cm³/mol. The molecule has 6 heteroatoms. The van der Waals surface area contributed by atoms with Gasteiger partial charge in [-0.3, -0.25) is 4.79 Å². The molecule has 6 nitrogen and oxygen atoms in total. The SMILES string of the molecule is COC(=O)c1ccc(NC(=O)c2cc(-c3ccccc3)on2)cc1. The fourth-order valence-corrected chi connectivity index (χ4v) is 2.12. The number of hydrogen-bond donors (Lipinski definition) is 1. The van der Waals surface area contributed by atoms with Crippen LogP contribution in [0.5, 0.6) is 0 Å². The molecule has 1 N–H and O–H groups in total. The molecule has 0 fully saturated rings. The third-order valence-electron chi connectivity index (χ3n) is 3.36. The molecule has 0 saturated carbocycles. The van der Waals surface area contributed by atoms with Gasteiger partial charge in [0.1, 0.15) is 0 Å². The molecule has 3 rings (SSSR count). The third kappa shape index (κ3) is 3.33. The normalized spacial score (nSPS) is 10.2. The van der Waals surface area contributed by atoms with Gasteiger partial charge in [-0.15, -0.1) is 0 Å². The van der Waals surface area contributed by atoms with Crippen LogP contribution in [0.3, 0.4) is 0 Å². The third-order valence-corrected chi connectivity index (χ3v) is 3.36. The second-order valence-electron chi connectivity index (χ2n) is 4.97. The van der Waals surface area contributed by atoms with E-state index in [2.05, 4.69) is 15.2 Å². The lowest BCUT2D eigenvalue weighted by Gasteiger charge is -2.04. The van der Waals surface area contributed by atoms with E-state index in [4.69, 9.17) is 4.52 Å². The van der Waals surface area contributed by atoms with E-state index in [1.165, 1.54) is 7.11 Å².